The van der Waals surface area contributed by atoms with Gasteiger partial charge in [-0.1, -0.05) is 37.9 Å². The number of hydrogen-bond donors (Lipinski definition) is 1. The van der Waals surface area contributed by atoms with Crippen LogP contribution in [0.4, 0.5) is 0 Å². The predicted octanol–water partition coefficient (Wildman–Crippen LogP) is 3.57. The molecule has 1 saturated heterocycles. The molecule has 2 rings (SSSR count). The van der Waals surface area contributed by atoms with Crippen LogP contribution < -0.4 is 0 Å². The minimum atomic E-state index is -3.31. The fraction of sp³-hybridized carbons (Fsp3) is 0.722. The summed E-state index contributed by atoms with van der Waals surface area (Å²) >= 11 is 0. The fourth-order valence-corrected chi connectivity index (χ4v) is 8.71. The molecule has 0 bridgehead atoms. The van der Waals surface area contributed by atoms with Gasteiger partial charge in [0.05, 0.1) is 12.0 Å². The smallest absolute Gasteiger partial charge is 0.213 e. The van der Waals surface area contributed by atoms with Crippen molar-refractivity contribution in [3.63, 3.8) is 0 Å². The van der Waals surface area contributed by atoms with Crippen molar-refractivity contribution in [2.75, 3.05) is 18.8 Å². The van der Waals surface area contributed by atoms with Crippen LogP contribution in [-0.4, -0.2) is 51.1 Å². The first kappa shape index (κ1) is 20.4. The third kappa shape index (κ3) is 4.83. The van der Waals surface area contributed by atoms with Crippen LogP contribution in [0, 0.1) is 17.3 Å². The van der Waals surface area contributed by atoms with Crippen molar-refractivity contribution in [1.82, 2.24) is 4.31 Å². The van der Waals surface area contributed by atoms with Crippen LogP contribution in [-0.2, 0) is 10.0 Å². The van der Waals surface area contributed by atoms with E-state index >= 15 is 0 Å². The molecule has 25 heavy (non-hydrogen) atoms. The third-order valence-electron chi connectivity index (χ3n) is 5.55. The molecule has 1 aliphatic heterocycles. The maximum absolute atomic E-state index is 13.0. The number of hydrogen-bond acceptors (Lipinski definition) is 4. The molecule has 0 saturated carbocycles. The summed E-state index contributed by atoms with van der Waals surface area (Å²) in [6, 6.07) is 0.766. The molecule has 5 nitrogen and oxygen atoms in total. The Labute approximate surface area is 153 Å². The van der Waals surface area contributed by atoms with Crippen LogP contribution in [0.3, 0.4) is 0 Å². The van der Waals surface area contributed by atoms with E-state index in [-0.39, 0.29) is 17.6 Å². The van der Waals surface area contributed by atoms with Gasteiger partial charge < -0.3 is 5.21 Å². The zero-order valence-electron chi connectivity index (χ0n) is 15.7. The molecule has 0 amide bonds. The van der Waals surface area contributed by atoms with Crippen molar-refractivity contribution in [1.29, 1.82) is 0 Å². The van der Waals surface area contributed by atoms with E-state index in [1.165, 1.54) is 0 Å². The highest BCUT2D eigenvalue weighted by molar-refractivity contribution is 7.89. The summed E-state index contributed by atoms with van der Waals surface area (Å²) < 4.78 is 27.7. The van der Waals surface area contributed by atoms with Crippen LogP contribution in [0.25, 0.3) is 0 Å². The number of oxime groups is 1. The Morgan fingerprint density at radius 1 is 1.36 bits per heavy atom. The lowest BCUT2D eigenvalue weighted by Crippen LogP contribution is -2.56. The number of nitrogens with zero attached hydrogens (tertiary/aromatic N) is 2. The van der Waals surface area contributed by atoms with Gasteiger partial charge in [-0.25, -0.2) is 12.7 Å². The first-order valence-corrected chi connectivity index (χ1v) is 14.4. The number of fused-ring (bicyclic) bond motifs is 1. The van der Waals surface area contributed by atoms with E-state index < -0.39 is 23.5 Å². The van der Waals surface area contributed by atoms with Crippen molar-refractivity contribution < 1.29 is 13.6 Å². The highest BCUT2D eigenvalue weighted by atomic mass is 32.2. The molecule has 0 radical (unpaired) electrons. The first-order chi connectivity index (χ1) is 11.6. The highest BCUT2D eigenvalue weighted by Crippen LogP contribution is 2.46. The monoisotopic (exact) mass is 384 g/mol. The molecule has 0 aromatic heterocycles. The van der Waals surface area contributed by atoms with Gasteiger partial charge in [-0.2, -0.15) is 0 Å². The molecule has 1 N–H and O–H groups in total. The lowest BCUT2D eigenvalue weighted by atomic mass is 9.62. The fourth-order valence-electron chi connectivity index (χ4n) is 4.11. The number of piperidine rings is 1. The molecule has 7 heteroatoms. The molecular formula is C18H32N2O3SSi. The molecule has 0 aromatic rings. The van der Waals surface area contributed by atoms with Gasteiger partial charge >= 0.3 is 0 Å². The summed E-state index contributed by atoms with van der Waals surface area (Å²) in [6.07, 6.45) is 10.1. The average molecular weight is 385 g/mol. The summed E-state index contributed by atoms with van der Waals surface area (Å²) in [5.41, 5.74) is -0.476. The SMILES string of the molecule is C=CCC1(/C=N/O)CN(S(=O)(=O)CC[Si](C)(C)C)CC2CC=CCC21. The van der Waals surface area contributed by atoms with E-state index in [1.54, 1.807) is 10.5 Å². The zero-order valence-corrected chi connectivity index (χ0v) is 17.5. The topological polar surface area (TPSA) is 70.0 Å². The molecule has 0 spiro atoms. The normalized spacial score (nSPS) is 31.2. The summed E-state index contributed by atoms with van der Waals surface area (Å²) in [4.78, 5) is 0. The standard InChI is InChI=1S/C18H32N2O3SSi/c1-5-10-18(14-19-21)15-20(13-16-8-6-7-9-17(16)18)24(22,23)11-12-25(2,3)4/h5-7,14,16-17,21H,1,8-13,15H2,2-4H3/b19-14+. The minimum absolute atomic E-state index is 0.219. The van der Waals surface area contributed by atoms with Crippen LogP contribution in [0.2, 0.25) is 25.7 Å². The van der Waals surface area contributed by atoms with E-state index in [0.717, 1.165) is 18.9 Å². The second-order valence-corrected chi connectivity index (χ2v) is 16.4. The van der Waals surface area contributed by atoms with E-state index in [9.17, 15) is 13.6 Å². The molecule has 2 aliphatic rings. The van der Waals surface area contributed by atoms with Gasteiger partial charge in [0.15, 0.2) is 0 Å². The van der Waals surface area contributed by atoms with Crippen LogP contribution in [0.5, 0.6) is 0 Å². The predicted molar refractivity (Wildman–Crippen MR) is 106 cm³/mol. The lowest BCUT2D eigenvalue weighted by Gasteiger charge is -2.50. The quantitative estimate of drug-likeness (QED) is 0.240. The molecule has 3 atom stereocenters. The van der Waals surface area contributed by atoms with Gasteiger partial charge in [-0.3, -0.25) is 0 Å². The molecule has 3 unspecified atom stereocenters. The van der Waals surface area contributed by atoms with Gasteiger partial charge in [0.25, 0.3) is 0 Å². The van der Waals surface area contributed by atoms with E-state index in [2.05, 4.69) is 43.5 Å². The van der Waals surface area contributed by atoms with Crippen LogP contribution in [0.1, 0.15) is 19.3 Å². The van der Waals surface area contributed by atoms with E-state index in [0.29, 0.717) is 19.5 Å². The van der Waals surface area contributed by atoms with Gasteiger partial charge in [0.1, 0.15) is 0 Å². The van der Waals surface area contributed by atoms with Crippen LogP contribution >= 0.6 is 0 Å². The van der Waals surface area contributed by atoms with Crippen molar-refractivity contribution in [2.24, 2.45) is 22.4 Å². The Morgan fingerprint density at radius 3 is 2.64 bits per heavy atom. The second-order valence-electron chi connectivity index (χ2n) is 8.70. The lowest BCUT2D eigenvalue weighted by molar-refractivity contribution is 0.0709. The van der Waals surface area contributed by atoms with Gasteiger partial charge in [0.2, 0.25) is 10.0 Å². The maximum atomic E-state index is 13.0. The number of allylic oxidation sites excluding steroid dienone is 3. The molecule has 0 aromatic carbocycles. The van der Waals surface area contributed by atoms with E-state index in [4.69, 9.17) is 0 Å². The van der Waals surface area contributed by atoms with Crippen molar-refractivity contribution in [3.05, 3.63) is 24.8 Å². The Balaban J connectivity index is 2.32. The van der Waals surface area contributed by atoms with Gasteiger partial charge in [-0.05, 0) is 37.1 Å². The van der Waals surface area contributed by atoms with Gasteiger partial charge in [0, 0.05) is 26.6 Å². The van der Waals surface area contributed by atoms with Crippen molar-refractivity contribution in [3.8, 4) is 0 Å². The molecule has 1 heterocycles. The van der Waals surface area contributed by atoms with Crippen LogP contribution in [0.15, 0.2) is 30.0 Å². The Kier molecular flexibility index (Phi) is 6.33. The van der Waals surface area contributed by atoms with E-state index in [1.807, 2.05) is 6.08 Å². The zero-order chi connectivity index (χ0) is 18.7. The minimum Gasteiger partial charge on any atom is -0.411 e. The molecular weight excluding hydrogens is 352 g/mol. The molecule has 142 valence electrons. The number of sulfonamides is 1. The maximum Gasteiger partial charge on any atom is 0.213 e. The second kappa shape index (κ2) is 7.76. The third-order valence-corrected chi connectivity index (χ3v) is 9.45. The molecule has 1 fully saturated rings. The molecule has 1 aliphatic carbocycles. The first-order valence-electron chi connectivity index (χ1n) is 9.06. The summed E-state index contributed by atoms with van der Waals surface area (Å²) in [5, 5.41) is 12.6. The Morgan fingerprint density at radius 2 is 2.04 bits per heavy atom. The Bertz CT molecular complexity index is 639. The largest absolute Gasteiger partial charge is 0.411 e. The van der Waals surface area contributed by atoms with Crippen molar-refractivity contribution >= 4 is 24.3 Å². The summed E-state index contributed by atoms with van der Waals surface area (Å²) in [5.74, 6) is 0.768. The van der Waals surface area contributed by atoms with Crippen molar-refractivity contribution in [2.45, 2.75) is 44.9 Å². The summed E-state index contributed by atoms with van der Waals surface area (Å²) in [7, 11) is -4.74. The number of rotatable bonds is 7. The average Bonchev–Trinajstić information content (AvgIpc) is 2.53. The summed E-state index contributed by atoms with van der Waals surface area (Å²) in [6.45, 7) is 11.4. The highest BCUT2D eigenvalue weighted by Gasteiger charge is 2.49. The Hall–Kier alpha value is -0.923. The van der Waals surface area contributed by atoms with Gasteiger partial charge in [-0.15, -0.1) is 11.7 Å².